The van der Waals surface area contributed by atoms with Gasteiger partial charge in [0.15, 0.2) is 0 Å². The predicted molar refractivity (Wildman–Crippen MR) is 108 cm³/mol. The molecule has 0 saturated carbocycles. The Hall–Kier alpha value is -2.04. The van der Waals surface area contributed by atoms with Gasteiger partial charge in [-0.15, -0.1) is 0 Å². The molecule has 0 radical (unpaired) electrons. The summed E-state index contributed by atoms with van der Waals surface area (Å²) in [5, 5.41) is 3.69. The number of urea groups is 1. The number of halogens is 1. The van der Waals surface area contributed by atoms with E-state index in [0.717, 1.165) is 44.6 Å². The summed E-state index contributed by atoms with van der Waals surface area (Å²) < 4.78 is 0. The molecule has 138 valence electrons. The van der Waals surface area contributed by atoms with Crippen LogP contribution in [-0.2, 0) is 6.42 Å². The van der Waals surface area contributed by atoms with Gasteiger partial charge in [-0.1, -0.05) is 41.9 Å². The van der Waals surface area contributed by atoms with Crippen LogP contribution in [0.1, 0.15) is 18.4 Å². The van der Waals surface area contributed by atoms with Gasteiger partial charge in [0, 0.05) is 23.3 Å². The lowest BCUT2D eigenvalue weighted by atomic mass is 10.0. The first-order chi connectivity index (χ1) is 12.6. The molecule has 3 rings (SSSR count). The lowest BCUT2D eigenvalue weighted by Gasteiger charge is -2.37. The lowest BCUT2D eigenvalue weighted by molar-refractivity contribution is 0.140. The first kappa shape index (κ1) is 18.7. The van der Waals surface area contributed by atoms with Gasteiger partial charge >= 0.3 is 6.03 Å². The Labute approximate surface area is 160 Å². The molecule has 0 atom stereocenters. The zero-order valence-corrected chi connectivity index (χ0v) is 16.0. The number of nitrogens with one attached hydrogen (secondary N) is 1. The highest BCUT2D eigenvalue weighted by Crippen LogP contribution is 2.19. The maximum Gasteiger partial charge on any atom is 0.322 e. The fraction of sp³-hybridized carbons (Fsp3) is 0.381. The third-order valence-electron chi connectivity index (χ3n) is 4.97. The van der Waals surface area contributed by atoms with Gasteiger partial charge < -0.3 is 15.1 Å². The molecule has 4 nitrogen and oxygen atoms in total. The average Bonchev–Trinajstić information content (AvgIpc) is 2.66. The number of likely N-dealkylation sites (tertiary alicyclic amines) is 1. The second-order valence-corrected chi connectivity index (χ2v) is 7.34. The van der Waals surface area contributed by atoms with Gasteiger partial charge in [0.2, 0.25) is 0 Å². The molecule has 0 unspecified atom stereocenters. The Morgan fingerprint density at radius 2 is 1.77 bits per heavy atom. The van der Waals surface area contributed by atoms with Crippen LogP contribution in [0.3, 0.4) is 0 Å². The number of nitrogens with zero attached hydrogens (tertiary/aromatic N) is 2. The van der Waals surface area contributed by atoms with Gasteiger partial charge in [-0.05, 0) is 69.2 Å². The standard InChI is InChI=1S/C21H26ClN3O/c1-24-14-12-20(13-15-24)25(16-11-17-5-3-2-4-6-17)21(26)23-19-9-7-18(22)8-10-19/h2-10,20H,11-16H2,1H3,(H,23,26). The fourth-order valence-corrected chi connectivity index (χ4v) is 3.51. The highest BCUT2D eigenvalue weighted by atomic mass is 35.5. The van der Waals surface area contributed by atoms with Crippen molar-refractivity contribution in [3.8, 4) is 0 Å². The maximum absolute atomic E-state index is 13.0. The second-order valence-electron chi connectivity index (χ2n) is 6.90. The van der Waals surface area contributed by atoms with E-state index in [1.165, 1.54) is 5.56 Å². The molecule has 2 aromatic carbocycles. The molecule has 1 saturated heterocycles. The van der Waals surface area contributed by atoms with Crippen LogP contribution >= 0.6 is 11.6 Å². The molecule has 0 spiro atoms. The highest BCUT2D eigenvalue weighted by molar-refractivity contribution is 6.30. The summed E-state index contributed by atoms with van der Waals surface area (Å²) in [6.07, 6.45) is 2.89. The number of benzene rings is 2. The smallest absolute Gasteiger partial charge is 0.321 e. The minimum absolute atomic E-state index is 0.0298. The molecule has 1 N–H and O–H groups in total. The Balaban J connectivity index is 1.68. The Bertz CT molecular complexity index is 697. The molecule has 5 heteroatoms. The molecule has 0 bridgehead atoms. The third kappa shape index (κ3) is 5.23. The topological polar surface area (TPSA) is 35.6 Å². The van der Waals surface area contributed by atoms with Crippen LogP contribution < -0.4 is 5.32 Å². The third-order valence-corrected chi connectivity index (χ3v) is 5.22. The van der Waals surface area contributed by atoms with E-state index in [2.05, 4.69) is 29.4 Å². The number of carbonyl (C=O) groups excluding carboxylic acids is 1. The number of hydrogen-bond donors (Lipinski definition) is 1. The van der Waals surface area contributed by atoms with Gasteiger partial charge in [0.05, 0.1) is 0 Å². The Morgan fingerprint density at radius 3 is 2.42 bits per heavy atom. The molecular weight excluding hydrogens is 346 g/mol. The van der Waals surface area contributed by atoms with Crippen molar-refractivity contribution in [2.45, 2.75) is 25.3 Å². The number of hydrogen-bond acceptors (Lipinski definition) is 2. The number of amides is 2. The summed E-state index contributed by atoms with van der Waals surface area (Å²) in [7, 11) is 2.14. The summed E-state index contributed by atoms with van der Waals surface area (Å²) in [6, 6.07) is 17.8. The van der Waals surface area contributed by atoms with E-state index in [0.29, 0.717) is 5.02 Å². The molecule has 0 aliphatic carbocycles. The number of carbonyl (C=O) groups is 1. The molecule has 2 aromatic rings. The largest absolute Gasteiger partial charge is 0.322 e. The van der Waals surface area contributed by atoms with Gasteiger partial charge in [-0.3, -0.25) is 0 Å². The van der Waals surface area contributed by atoms with Gasteiger partial charge in [-0.2, -0.15) is 0 Å². The van der Waals surface area contributed by atoms with Crippen LogP contribution in [0.5, 0.6) is 0 Å². The van der Waals surface area contributed by atoms with Crippen molar-refractivity contribution in [3.05, 3.63) is 65.2 Å². The second kappa shape index (κ2) is 9.06. The first-order valence-electron chi connectivity index (χ1n) is 9.17. The van der Waals surface area contributed by atoms with Crippen molar-refractivity contribution >= 4 is 23.3 Å². The highest BCUT2D eigenvalue weighted by Gasteiger charge is 2.26. The van der Waals surface area contributed by atoms with E-state index in [1.54, 1.807) is 12.1 Å². The summed E-state index contributed by atoms with van der Waals surface area (Å²) in [6.45, 7) is 2.78. The first-order valence-corrected chi connectivity index (χ1v) is 9.55. The van der Waals surface area contributed by atoms with Gasteiger partial charge in [0.25, 0.3) is 0 Å². The predicted octanol–water partition coefficient (Wildman–Crippen LogP) is 4.51. The monoisotopic (exact) mass is 371 g/mol. The van der Waals surface area contributed by atoms with E-state index in [9.17, 15) is 4.79 Å². The van der Waals surface area contributed by atoms with Crippen molar-refractivity contribution in [2.75, 3.05) is 32.0 Å². The van der Waals surface area contributed by atoms with E-state index >= 15 is 0 Å². The van der Waals surface area contributed by atoms with E-state index in [1.807, 2.05) is 35.2 Å². The molecule has 1 heterocycles. The number of rotatable bonds is 5. The molecule has 1 aliphatic rings. The summed E-state index contributed by atoms with van der Waals surface area (Å²) >= 11 is 5.94. The zero-order valence-electron chi connectivity index (χ0n) is 15.2. The van der Waals surface area contributed by atoms with Crippen molar-refractivity contribution in [1.29, 1.82) is 0 Å². The Morgan fingerprint density at radius 1 is 1.12 bits per heavy atom. The quantitative estimate of drug-likeness (QED) is 0.839. The van der Waals surface area contributed by atoms with E-state index in [-0.39, 0.29) is 12.1 Å². The summed E-state index contributed by atoms with van der Waals surface area (Å²) in [5.41, 5.74) is 2.03. The molecular formula is C21H26ClN3O. The minimum Gasteiger partial charge on any atom is -0.321 e. The van der Waals surface area contributed by atoms with Crippen LogP contribution in [0.4, 0.5) is 10.5 Å². The van der Waals surface area contributed by atoms with Crippen LogP contribution in [0.15, 0.2) is 54.6 Å². The molecule has 2 amide bonds. The molecule has 0 aromatic heterocycles. The molecule has 1 aliphatic heterocycles. The SMILES string of the molecule is CN1CCC(N(CCc2ccccc2)C(=O)Nc2ccc(Cl)cc2)CC1. The normalized spacial score (nSPS) is 15.6. The van der Waals surface area contributed by atoms with Crippen molar-refractivity contribution in [2.24, 2.45) is 0 Å². The van der Waals surface area contributed by atoms with Crippen molar-refractivity contribution < 1.29 is 4.79 Å². The number of piperidine rings is 1. The molecule has 26 heavy (non-hydrogen) atoms. The molecule has 1 fully saturated rings. The lowest BCUT2D eigenvalue weighted by Crippen LogP contribution is -2.48. The van der Waals surface area contributed by atoms with Crippen molar-refractivity contribution in [1.82, 2.24) is 9.80 Å². The van der Waals surface area contributed by atoms with Crippen LogP contribution in [-0.4, -0.2) is 48.6 Å². The van der Waals surface area contributed by atoms with Crippen LogP contribution in [0.25, 0.3) is 0 Å². The zero-order chi connectivity index (χ0) is 18.4. The van der Waals surface area contributed by atoms with Crippen molar-refractivity contribution in [3.63, 3.8) is 0 Å². The van der Waals surface area contributed by atoms with E-state index in [4.69, 9.17) is 11.6 Å². The van der Waals surface area contributed by atoms with E-state index < -0.39 is 0 Å². The van der Waals surface area contributed by atoms with Gasteiger partial charge in [0.1, 0.15) is 0 Å². The Kier molecular flexibility index (Phi) is 6.53. The summed E-state index contributed by atoms with van der Waals surface area (Å²) in [5.74, 6) is 0. The summed E-state index contributed by atoms with van der Waals surface area (Å²) in [4.78, 5) is 17.3. The van der Waals surface area contributed by atoms with Gasteiger partial charge in [-0.25, -0.2) is 4.79 Å². The maximum atomic E-state index is 13.0. The average molecular weight is 372 g/mol. The minimum atomic E-state index is -0.0298. The van der Waals surface area contributed by atoms with Crippen LogP contribution in [0.2, 0.25) is 5.02 Å². The number of anilines is 1. The van der Waals surface area contributed by atoms with Crippen LogP contribution in [0, 0.1) is 0 Å². The fourth-order valence-electron chi connectivity index (χ4n) is 3.38.